The zero-order valence-electron chi connectivity index (χ0n) is 11.0. The number of hydrogen-bond acceptors (Lipinski definition) is 5. The second-order valence-corrected chi connectivity index (χ2v) is 4.51. The van der Waals surface area contributed by atoms with E-state index < -0.39 is 0 Å². The molecule has 1 aromatic carbocycles. The predicted molar refractivity (Wildman–Crippen MR) is 70.7 cm³/mol. The van der Waals surface area contributed by atoms with E-state index in [1.807, 2.05) is 32.0 Å². The van der Waals surface area contributed by atoms with Crippen LogP contribution < -0.4 is 14.8 Å². The van der Waals surface area contributed by atoms with E-state index in [0.717, 1.165) is 34.2 Å². The molecule has 0 unspecified atom stereocenters. The van der Waals surface area contributed by atoms with E-state index in [9.17, 15) is 0 Å². The molecule has 19 heavy (non-hydrogen) atoms. The molecule has 2 heterocycles. The molecule has 1 N–H and O–H groups in total. The molecule has 0 spiro atoms. The number of aryl methyl sites for hydroxylation is 2. The molecule has 0 saturated carbocycles. The molecule has 1 aliphatic heterocycles. The van der Waals surface area contributed by atoms with E-state index >= 15 is 0 Å². The maximum atomic E-state index is 5.55. The van der Waals surface area contributed by atoms with E-state index in [0.29, 0.717) is 19.8 Å². The van der Waals surface area contributed by atoms with Crippen LogP contribution in [-0.4, -0.2) is 18.4 Å². The van der Waals surface area contributed by atoms with Gasteiger partial charge in [-0.05, 0) is 26.0 Å². The van der Waals surface area contributed by atoms with Crippen LogP contribution in [0.1, 0.15) is 17.0 Å². The maximum Gasteiger partial charge on any atom is 0.163 e. The summed E-state index contributed by atoms with van der Waals surface area (Å²) in [7, 11) is 0. The molecule has 0 bridgehead atoms. The van der Waals surface area contributed by atoms with Crippen LogP contribution in [-0.2, 0) is 6.54 Å². The highest BCUT2D eigenvalue weighted by atomic mass is 16.6. The van der Waals surface area contributed by atoms with Gasteiger partial charge in [-0.1, -0.05) is 5.16 Å². The minimum Gasteiger partial charge on any atom is -0.486 e. The molecular formula is C14H16N2O3. The number of hydrogen-bond donors (Lipinski definition) is 1. The van der Waals surface area contributed by atoms with Crippen molar-refractivity contribution in [1.82, 2.24) is 5.16 Å². The van der Waals surface area contributed by atoms with Crippen molar-refractivity contribution in [1.29, 1.82) is 0 Å². The Morgan fingerprint density at radius 3 is 2.68 bits per heavy atom. The van der Waals surface area contributed by atoms with Gasteiger partial charge in [-0.15, -0.1) is 0 Å². The van der Waals surface area contributed by atoms with Gasteiger partial charge < -0.3 is 19.3 Å². The molecule has 100 valence electrons. The highest BCUT2D eigenvalue weighted by Gasteiger charge is 2.12. The minimum atomic E-state index is 0.598. The number of fused-ring (bicyclic) bond motifs is 1. The first kappa shape index (κ1) is 11.9. The Bertz CT molecular complexity index is 573. The lowest BCUT2D eigenvalue weighted by atomic mass is 10.2. The third-order valence-corrected chi connectivity index (χ3v) is 3.19. The second-order valence-electron chi connectivity index (χ2n) is 4.51. The molecule has 0 amide bonds. The minimum absolute atomic E-state index is 0.598. The van der Waals surface area contributed by atoms with E-state index in [4.69, 9.17) is 14.0 Å². The SMILES string of the molecule is Cc1noc(C)c1CNc1ccc2c(c1)OCCO2. The molecule has 0 fully saturated rings. The Kier molecular flexibility index (Phi) is 3.03. The Morgan fingerprint density at radius 1 is 1.16 bits per heavy atom. The summed E-state index contributed by atoms with van der Waals surface area (Å²) < 4.78 is 16.2. The normalized spacial score (nSPS) is 13.4. The fourth-order valence-electron chi connectivity index (χ4n) is 2.10. The Labute approximate surface area is 111 Å². The third-order valence-electron chi connectivity index (χ3n) is 3.19. The first-order valence-electron chi connectivity index (χ1n) is 6.29. The van der Waals surface area contributed by atoms with Crippen molar-refractivity contribution in [2.75, 3.05) is 18.5 Å². The Morgan fingerprint density at radius 2 is 1.95 bits per heavy atom. The highest BCUT2D eigenvalue weighted by Crippen LogP contribution is 2.32. The number of rotatable bonds is 3. The third kappa shape index (κ3) is 2.36. The first-order valence-corrected chi connectivity index (χ1v) is 6.29. The Balaban J connectivity index is 1.74. The van der Waals surface area contributed by atoms with Crippen molar-refractivity contribution in [2.24, 2.45) is 0 Å². The molecule has 0 saturated heterocycles. The molecule has 3 rings (SSSR count). The average molecular weight is 260 g/mol. The Hall–Kier alpha value is -2.17. The van der Waals surface area contributed by atoms with Crippen LogP contribution in [0.3, 0.4) is 0 Å². The van der Waals surface area contributed by atoms with E-state index in [1.165, 1.54) is 0 Å². The van der Waals surface area contributed by atoms with Gasteiger partial charge in [0.05, 0.1) is 5.69 Å². The van der Waals surface area contributed by atoms with Gasteiger partial charge in [-0.25, -0.2) is 0 Å². The summed E-state index contributed by atoms with van der Waals surface area (Å²) in [5.41, 5.74) is 3.00. The van der Waals surface area contributed by atoms with Crippen molar-refractivity contribution in [3.05, 3.63) is 35.2 Å². The molecular weight excluding hydrogens is 244 g/mol. The molecule has 0 radical (unpaired) electrons. The van der Waals surface area contributed by atoms with Gasteiger partial charge in [0, 0.05) is 23.9 Å². The van der Waals surface area contributed by atoms with Gasteiger partial charge in [-0.2, -0.15) is 0 Å². The van der Waals surface area contributed by atoms with Gasteiger partial charge >= 0.3 is 0 Å². The lowest BCUT2D eigenvalue weighted by Gasteiger charge is -2.19. The molecule has 5 nitrogen and oxygen atoms in total. The average Bonchev–Trinajstić information content (AvgIpc) is 2.76. The number of ether oxygens (including phenoxy) is 2. The largest absolute Gasteiger partial charge is 0.486 e. The molecule has 1 aliphatic rings. The smallest absolute Gasteiger partial charge is 0.163 e. The van der Waals surface area contributed by atoms with E-state index in [-0.39, 0.29) is 0 Å². The van der Waals surface area contributed by atoms with Gasteiger partial charge in [0.2, 0.25) is 0 Å². The lowest BCUT2D eigenvalue weighted by molar-refractivity contribution is 0.171. The number of nitrogens with one attached hydrogen (secondary N) is 1. The van der Waals surface area contributed by atoms with Gasteiger partial charge in [0.1, 0.15) is 19.0 Å². The van der Waals surface area contributed by atoms with Crippen LogP contribution in [0.5, 0.6) is 11.5 Å². The number of nitrogens with zero attached hydrogens (tertiary/aromatic N) is 1. The van der Waals surface area contributed by atoms with E-state index in [1.54, 1.807) is 0 Å². The summed E-state index contributed by atoms with van der Waals surface area (Å²) in [5.74, 6) is 2.44. The van der Waals surface area contributed by atoms with E-state index in [2.05, 4.69) is 10.5 Å². The van der Waals surface area contributed by atoms with Crippen molar-refractivity contribution in [3.63, 3.8) is 0 Å². The summed E-state index contributed by atoms with van der Waals surface area (Å²) in [6.07, 6.45) is 0. The van der Waals surface area contributed by atoms with Crippen molar-refractivity contribution >= 4 is 5.69 Å². The zero-order chi connectivity index (χ0) is 13.2. The summed E-state index contributed by atoms with van der Waals surface area (Å²) >= 11 is 0. The van der Waals surface area contributed by atoms with Gasteiger partial charge in [0.15, 0.2) is 11.5 Å². The van der Waals surface area contributed by atoms with Crippen LogP contribution in [0.25, 0.3) is 0 Å². The lowest BCUT2D eigenvalue weighted by Crippen LogP contribution is -2.15. The fourth-order valence-corrected chi connectivity index (χ4v) is 2.10. The second kappa shape index (κ2) is 4.84. The van der Waals surface area contributed by atoms with Crippen molar-refractivity contribution in [2.45, 2.75) is 20.4 Å². The fraction of sp³-hybridized carbons (Fsp3) is 0.357. The van der Waals surface area contributed by atoms with Gasteiger partial charge in [-0.3, -0.25) is 0 Å². The summed E-state index contributed by atoms with van der Waals surface area (Å²) in [6, 6.07) is 5.85. The summed E-state index contributed by atoms with van der Waals surface area (Å²) in [5, 5.41) is 7.28. The van der Waals surface area contributed by atoms with Crippen LogP contribution in [0.15, 0.2) is 22.7 Å². The molecule has 2 aromatic rings. The predicted octanol–water partition coefficient (Wildman–Crippen LogP) is 2.67. The van der Waals surface area contributed by atoms with Crippen LogP contribution >= 0.6 is 0 Å². The molecule has 0 aliphatic carbocycles. The van der Waals surface area contributed by atoms with Crippen molar-refractivity contribution in [3.8, 4) is 11.5 Å². The maximum absolute atomic E-state index is 5.55. The first-order chi connectivity index (χ1) is 9.24. The number of aromatic nitrogens is 1. The summed E-state index contributed by atoms with van der Waals surface area (Å²) in [4.78, 5) is 0. The standard InChI is InChI=1S/C14H16N2O3/c1-9-12(10(2)19-16-9)8-15-11-3-4-13-14(7-11)18-6-5-17-13/h3-4,7,15H,5-6,8H2,1-2H3. The van der Waals surface area contributed by atoms with Crippen LogP contribution in [0, 0.1) is 13.8 Å². The summed E-state index contributed by atoms with van der Waals surface area (Å²) in [6.45, 7) is 5.75. The molecule has 0 atom stereocenters. The zero-order valence-corrected chi connectivity index (χ0v) is 11.0. The monoisotopic (exact) mass is 260 g/mol. The number of benzene rings is 1. The topological polar surface area (TPSA) is 56.5 Å². The van der Waals surface area contributed by atoms with Gasteiger partial charge in [0.25, 0.3) is 0 Å². The molecule has 1 aromatic heterocycles. The molecule has 5 heteroatoms. The van der Waals surface area contributed by atoms with Crippen molar-refractivity contribution < 1.29 is 14.0 Å². The van der Waals surface area contributed by atoms with Crippen LogP contribution in [0.2, 0.25) is 0 Å². The van der Waals surface area contributed by atoms with Crippen LogP contribution in [0.4, 0.5) is 5.69 Å². The quantitative estimate of drug-likeness (QED) is 0.919. The highest BCUT2D eigenvalue weighted by molar-refractivity contribution is 5.55. The number of anilines is 1.